The van der Waals surface area contributed by atoms with E-state index in [0.29, 0.717) is 11.3 Å². The van der Waals surface area contributed by atoms with E-state index < -0.39 is 23.9 Å². The molecule has 2 heterocycles. The van der Waals surface area contributed by atoms with Crippen LogP contribution in [0, 0.1) is 0 Å². The molecule has 0 aromatic heterocycles. The molecule has 1 fully saturated rings. The number of ether oxygens (including phenoxy) is 1. The average Bonchev–Trinajstić information content (AvgIpc) is 2.42. The number of hydrogen-bond donors (Lipinski definition) is 2. The van der Waals surface area contributed by atoms with E-state index in [1.165, 1.54) is 18.7 Å². The van der Waals surface area contributed by atoms with Gasteiger partial charge in [0.15, 0.2) is 0 Å². The van der Waals surface area contributed by atoms with Crippen molar-refractivity contribution in [2.24, 2.45) is 5.73 Å². The fourth-order valence-corrected chi connectivity index (χ4v) is 3.39. The van der Waals surface area contributed by atoms with Crippen molar-refractivity contribution in [2.45, 2.75) is 24.8 Å². The quantitative estimate of drug-likeness (QED) is 0.379. The number of carbonyl (C=O) groups is 4. The summed E-state index contributed by atoms with van der Waals surface area (Å²) in [5, 5.41) is 8.86. The van der Waals surface area contributed by atoms with Gasteiger partial charge in [-0.1, -0.05) is 0 Å². The van der Waals surface area contributed by atoms with E-state index in [-0.39, 0.29) is 29.9 Å². The third-order valence-electron chi connectivity index (χ3n) is 3.09. The van der Waals surface area contributed by atoms with Gasteiger partial charge in [-0.2, -0.15) is 0 Å². The third-order valence-corrected chi connectivity index (χ3v) is 4.45. The van der Waals surface area contributed by atoms with E-state index in [0.717, 1.165) is 4.90 Å². The second-order valence-corrected chi connectivity index (χ2v) is 5.84. The van der Waals surface area contributed by atoms with Crippen LogP contribution in [0.4, 0.5) is 0 Å². The van der Waals surface area contributed by atoms with Gasteiger partial charge in [0.1, 0.15) is 35.9 Å². The Balaban J connectivity index is 2.12. The van der Waals surface area contributed by atoms with Crippen LogP contribution in [0.3, 0.4) is 0 Å². The van der Waals surface area contributed by atoms with Gasteiger partial charge >= 0.3 is 11.9 Å². The highest BCUT2D eigenvalue weighted by Gasteiger charge is 2.51. The molecular weight excluding hydrogens is 300 g/mol. The smallest absolute Gasteiger partial charge is 0.352 e. The minimum atomic E-state index is -1.27. The van der Waals surface area contributed by atoms with Gasteiger partial charge in [0.25, 0.3) is 0 Å². The topological polar surface area (TPSA) is 127 Å². The molecule has 2 rings (SSSR count). The zero-order valence-corrected chi connectivity index (χ0v) is 12.0. The zero-order chi connectivity index (χ0) is 15.7. The van der Waals surface area contributed by atoms with E-state index in [1.54, 1.807) is 0 Å². The molecule has 1 amide bonds. The number of carbonyl (C=O) groups excluding carboxylic acids is 3. The molecule has 9 heteroatoms. The standard InChI is InChI=1S/C12H14N2O6S/c1-5(15)2-7(16)20-3-6-4-21-11-8(13)10(17)14(11)9(6)12(18)19/h8,11H,2-4,13H2,1H3,(H,18,19)/t8?,11-/m0/s1. The van der Waals surface area contributed by atoms with E-state index in [4.69, 9.17) is 10.5 Å². The lowest BCUT2D eigenvalue weighted by Gasteiger charge is -2.47. The molecule has 2 aliphatic heterocycles. The molecule has 1 saturated heterocycles. The van der Waals surface area contributed by atoms with Crippen molar-refractivity contribution in [1.82, 2.24) is 4.90 Å². The van der Waals surface area contributed by atoms with E-state index in [2.05, 4.69) is 0 Å². The number of thioether (sulfide) groups is 1. The molecule has 0 aromatic rings. The molecule has 3 N–H and O–H groups in total. The molecule has 0 bridgehead atoms. The maximum Gasteiger partial charge on any atom is 0.352 e. The molecule has 0 aromatic carbocycles. The number of nitrogens with two attached hydrogens (primary N) is 1. The minimum Gasteiger partial charge on any atom is -0.477 e. The first-order valence-electron chi connectivity index (χ1n) is 6.13. The Kier molecular flexibility index (Phi) is 4.33. The largest absolute Gasteiger partial charge is 0.477 e. The summed E-state index contributed by atoms with van der Waals surface area (Å²) < 4.78 is 4.88. The van der Waals surface area contributed by atoms with Crippen molar-refractivity contribution in [1.29, 1.82) is 0 Å². The summed E-state index contributed by atoms with van der Waals surface area (Å²) in [4.78, 5) is 46.2. The summed E-state index contributed by atoms with van der Waals surface area (Å²) in [6.07, 6.45) is -0.362. The van der Waals surface area contributed by atoms with Crippen molar-refractivity contribution in [3.63, 3.8) is 0 Å². The maximum atomic E-state index is 11.7. The van der Waals surface area contributed by atoms with E-state index >= 15 is 0 Å². The average molecular weight is 314 g/mol. The summed E-state index contributed by atoms with van der Waals surface area (Å²) in [6, 6.07) is -0.703. The van der Waals surface area contributed by atoms with Crippen LogP contribution in [-0.2, 0) is 23.9 Å². The summed E-state index contributed by atoms with van der Waals surface area (Å²) in [5.74, 6) is -2.49. The van der Waals surface area contributed by atoms with Crippen LogP contribution in [0.2, 0.25) is 0 Å². The van der Waals surface area contributed by atoms with Crippen molar-refractivity contribution in [3.05, 3.63) is 11.3 Å². The normalized spacial score (nSPS) is 24.3. The number of carboxylic acids is 1. The van der Waals surface area contributed by atoms with Gasteiger partial charge in [0, 0.05) is 11.3 Å². The number of carboxylic acid groups (broad SMARTS) is 1. The molecule has 0 radical (unpaired) electrons. The van der Waals surface area contributed by atoms with Crippen molar-refractivity contribution in [3.8, 4) is 0 Å². The zero-order valence-electron chi connectivity index (χ0n) is 11.2. The molecule has 21 heavy (non-hydrogen) atoms. The predicted octanol–water partition coefficient (Wildman–Crippen LogP) is -0.910. The Morgan fingerprint density at radius 2 is 2.14 bits per heavy atom. The lowest BCUT2D eigenvalue weighted by Crippen LogP contribution is -2.68. The molecule has 0 aliphatic carbocycles. The highest BCUT2D eigenvalue weighted by Crippen LogP contribution is 2.39. The molecular formula is C12H14N2O6S. The predicted molar refractivity (Wildman–Crippen MR) is 72.0 cm³/mol. The maximum absolute atomic E-state index is 11.7. The number of nitrogens with zero attached hydrogens (tertiary/aromatic N) is 1. The van der Waals surface area contributed by atoms with Crippen molar-refractivity contribution >= 4 is 35.4 Å². The molecule has 2 aliphatic rings. The van der Waals surface area contributed by atoms with Crippen LogP contribution >= 0.6 is 11.8 Å². The third kappa shape index (κ3) is 2.93. The van der Waals surface area contributed by atoms with Crippen molar-refractivity contribution in [2.75, 3.05) is 12.4 Å². The van der Waals surface area contributed by atoms with Gasteiger partial charge in [0.05, 0.1) is 0 Å². The Bertz CT molecular complexity index is 558. The SMILES string of the molecule is CC(=O)CC(=O)OCC1=C(C(=O)O)N2C(=O)C(N)[C@@H]2SC1. The minimum absolute atomic E-state index is 0.180. The van der Waals surface area contributed by atoms with Crippen LogP contribution in [0.25, 0.3) is 0 Å². The first kappa shape index (κ1) is 15.5. The molecule has 0 spiro atoms. The molecule has 0 saturated carbocycles. The van der Waals surface area contributed by atoms with Crippen LogP contribution in [0.5, 0.6) is 0 Å². The number of hydrogen-bond acceptors (Lipinski definition) is 7. The number of amides is 1. The van der Waals surface area contributed by atoms with Gasteiger partial charge in [0.2, 0.25) is 5.91 Å². The number of Topliss-reactive ketones (excluding diaryl/α,β-unsaturated/α-hetero) is 1. The summed E-state index contributed by atoms with van der Waals surface area (Å²) in [5.41, 5.74) is 5.75. The number of ketones is 1. The highest BCUT2D eigenvalue weighted by atomic mass is 32.2. The van der Waals surface area contributed by atoms with Crippen molar-refractivity contribution < 1.29 is 29.0 Å². The fourth-order valence-electron chi connectivity index (χ4n) is 2.11. The van der Waals surface area contributed by atoms with Gasteiger partial charge < -0.3 is 15.6 Å². The Labute approximate surface area is 124 Å². The van der Waals surface area contributed by atoms with Crippen LogP contribution in [-0.4, -0.2) is 57.4 Å². The van der Waals surface area contributed by atoms with Crippen LogP contribution in [0.15, 0.2) is 11.3 Å². The number of rotatable bonds is 5. The second-order valence-electron chi connectivity index (χ2n) is 4.73. The number of fused-ring (bicyclic) bond motifs is 1. The monoisotopic (exact) mass is 314 g/mol. The number of esters is 1. The summed E-state index contributed by atoms with van der Waals surface area (Å²) in [7, 11) is 0. The molecule has 1 unspecified atom stereocenters. The Morgan fingerprint density at radius 3 is 2.71 bits per heavy atom. The van der Waals surface area contributed by atoms with Gasteiger partial charge in [-0.3, -0.25) is 19.3 Å². The lowest BCUT2D eigenvalue weighted by atomic mass is 10.0. The molecule has 8 nitrogen and oxygen atoms in total. The number of aliphatic carboxylic acids is 1. The van der Waals surface area contributed by atoms with Gasteiger partial charge in [-0.25, -0.2) is 4.79 Å². The highest BCUT2D eigenvalue weighted by molar-refractivity contribution is 8.00. The van der Waals surface area contributed by atoms with E-state index in [9.17, 15) is 24.3 Å². The second kappa shape index (κ2) is 5.86. The Morgan fingerprint density at radius 1 is 1.48 bits per heavy atom. The summed E-state index contributed by atoms with van der Waals surface area (Å²) >= 11 is 1.32. The van der Waals surface area contributed by atoms with E-state index in [1.807, 2.05) is 0 Å². The lowest BCUT2D eigenvalue weighted by molar-refractivity contribution is -0.148. The fraction of sp³-hybridized carbons (Fsp3) is 0.500. The van der Waals surface area contributed by atoms with Crippen LogP contribution < -0.4 is 5.73 Å². The molecule has 114 valence electrons. The van der Waals surface area contributed by atoms with Gasteiger partial charge in [-0.05, 0) is 6.92 Å². The Hall–Kier alpha value is -1.87. The van der Waals surface area contributed by atoms with Gasteiger partial charge in [-0.15, -0.1) is 11.8 Å². The summed E-state index contributed by atoms with van der Waals surface area (Å²) in [6.45, 7) is 0.997. The number of β-lactam (4-membered cyclic amide) rings is 1. The first-order valence-corrected chi connectivity index (χ1v) is 7.18. The first-order chi connectivity index (χ1) is 9.82. The molecule has 2 atom stereocenters. The van der Waals surface area contributed by atoms with Crippen LogP contribution in [0.1, 0.15) is 13.3 Å².